The molecule has 1 aromatic rings. The summed E-state index contributed by atoms with van der Waals surface area (Å²) in [7, 11) is 0. The molecule has 0 unspecified atom stereocenters. The molecule has 0 amide bonds. The van der Waals surface area contributed by atoms with E-state index in [2.05, 4.69) is 10.3 Å². The molecule has 0 aliphatic heterocycles. The van der Waals surface area contributed by atoms with Crippen LogP contribution in [0, 0.1) is 11.3 Å². The number of aromatic nitrogens is 1. The van der Waals surface area contributed by atoms with Crippen molar-refractivity contribution in [2.45, 2.75) is 6.42 Å². The number of nitrogens with zero attached hydrogens (tertiary/aromatic N) is 2. The molecule has 1 aromatic heterocycles. The van der Waals surface area contributed by atoms with Gasteiger partial charge in [0.1, 0.15) is 11.9 Å². The zero-order valence-corrected chi connectivity index (χ0v) is 9.52. The van der Waals surface area contributed by atoms with Gasteiger partial charge in [-0.15, -0.1) is 0 Å². The summed E-state index contributed by atoms with van der Waals surface area (Å²) < 4.78 is 5.10. The second-order valence-corrected chi connectivity index (χ2v) is 3.36. The maximum absolute atomic E-state index is 8.75. The van der Waals surface area contributed by atoms with Gasteiger partial charge in [-0.25, -0.2) is 4.98 Å². The Morgan fingerprint density at radius 3 is 3.00 bits per heavy atom. The number of nitrogens with two attached hydrogens (primary N) is 1. The summed E-state index contributed by atoms with van der Waals surface area (Å²) >= 11 is 0. The summed E-state index contributed by atoms with van der Waals surface area (Å²) in [5, 5.41) is 20.3. The highest BCUT2D eigenvalue weighted by Crippen LogP contribution is 2.11. The Bertz CT molecular complexity index is 390. The zero-order valence-electron chi connectivity index (χ0n) is 9.52. The fourth-order valence-corrected chi connectivity index (χ4v) is 1.22. The molecular weight excluding hydrogens is 220 g/mol. The first-order chi connectivity index (χ1) is 8.27. The zero-order chi connectivity index (χ0) is 12.5. The van der Waals surface area contributed by atoms with E-state index in [0.29, 0.717) is 31.3 Å². The molecule has 6 heteroatoms. The molecule has 0 bridgehead atoms. The topological polar surface area (TPSA) is 104 Å². The van der Waals surface area contributed by atoms with Crippen LogP contribution in [0.4, 0.5) is 11.5 Å². The van der Waals surface area contributed by atoms with Crippen molar-refractivity contribution in [3.63, 3.8) is 0 Å². The third-order valence-corrected chi connectivity index (χ3v) is 2.04. The number of ether oxygens (including phenoxy) is 1. The summed E-state index contributed by atoms with van der Waals surface area (Å²) in [4.78, 5) is 4.05. The maximum atomic E-state index is 8.75. The Hall–Kier alpha value is -1.84. The Morgan fingerprint density at radius 2 is 2.29 bits per heavy atom. The number of hydrogen-bond acceptors (Lipinski definition) is 6. The van der Waals surface area contributed by atoms with Crippen molar-refractivity contribution in [2.24, 2.45) is 0 Å². The average Bonchev–Trinajstić information content (AvgIpc) is 2.35. The first kappa shape index (κ1) is 13.2. The van der Waals surface area contributed by atoms with Crippen LogP contribution >= 0.6 is 0 Å². The minimum atomic E-state index is 0.0402. The number of aliphatic hydroxyl groups excluding tert-OH is 1. The Balaban J connectivity index is 2.30. The van der Waals surface area contributed by atoms with Gasteiger partial charge in [0.25, 0.3) is 0 Å². The normalized spacial score (nSPS) is 9.88. The van der Waals surface area contributed by atoms with Gasteiger partial charge in [-0.2, -0.15) is 5.26 Å². The van der Waals surface area contributed by atoms with Crippen molar-refractivity contribution in [3.8, 4) is 6.07 Å². The Labute approximate surface area is 100 Å². The van der Waals surface area contributed by atoms with Crippen molar-refractivity contribution in [3.05, 3.63) is 17.8 Å². The smallest absolute Gasteiger partial charge is 0.165 e. The predicted octanol–water partition coefficient (Wildman–Crippen LogP) is 0.346. The molecule has 17 heavy (non-hydrogen) atoms. The largest absolute Gasteiger partial charge is 0.396 e. The molecule has 0 spiro atoms. The molecule has 4 N–H and O–H groups in total. The monoisotopic (exact) mass is 236 g/mol. The van der Waals surface area contributed by atoms with Crippen LogP contribution in [0.25, 0.3) is 0 Å². The van der Waals surface area contributed by atoms with Crippen molar-refractivity contribution in [2.75, 3.05) is 37.4 Å². The minimum Gasteiger partial charge on any atom is -0.396 e. The highest BCUT2D eigenvalue weighted by molar-refractivity contribution is 5.54. The molecule has 0 aliphatic carbocycles. The van der Waals surface area contributed by atoms with Crippen LogP contribution in [-0.4, -0.2) is 36.5 Å². The summed E-state index contributed by atoms with van der Waals surface area (Å²) in [5.74, 6) is 0.623. The van der Waals surface area contributed by atoms with Crippen molar-refractivity contribution >= 4 is 11.5 Å². The van der Waals surface area contributed by atoms with E-state index >= 15 is 0 Å². The lowest BCUT2D eigenvalue weighted by Gasteiger charge is -2.06. The second kappa shape index (κ2) is 7.44. The molecule has 0 saturated carbocycles. The fraction of sp³-hybridized carbons (Fsp3) is 0.455. The molecule has 0 atom stereocenters. The number of rotatable bonds is 7. The number of hydrogen-bond donors (Lipinski definition) is 3. The molecule has 0 radical (unpaired) electrons. The average molecular weight is 236 g/mol. The summed E-state index contributed by atoms with van der Waals surface area (Å²) in [6.07, 6.45) is 0.800. The van der Waals surface area contributed by atoms with E-state index < -0.39 is 0 Å². The van der Waals surface area contributed by atoms with Crippen LogP contribution in [0.15, 0.2) is 12.1 Å². The number of pyridine rings is 1. The summed E-state index contributed by atoms with van der Waals surface area (Å²) in [5.41, 5.74) is 6.16. The van der Waals surface area contributed by atoms with Gasteiger partial charge >= 0.3 is 0 Å². The number of aliphatic hydroxyl groups is 1. The lowest BCUT2D eigenvalue weighted by molar-refractivity contribution is 0.0922. The lowest BCUT2D eigenvalue weighted by atomic mass is 10.3. The summed E-state index contributed by atoms with van der Waals surface area (Å²) in [6.45, 7) is 1.66. The maximum Gasteiger partial charge on any atom is 0.165 e. The third-order valence-electron chi connectivity index (χ3n) is 2.04. The molecule has 0 aliphatic rings. The van der Waals surface area contributed by atoms with E-state index in [1.165, 1.54) is 0 Å². The SMILES string of the molecule is N#Cc1nc(NCCCOCCO)ccc1N. The van der Waals surface area contributed by atoms with Gasteiger partial charge in [0.15, 0.2) is 5.69 Å². The molecule has 0 fully saturated rings. The number of anilines is 2. The Kier molecular flexibility index (Phi) is 5.79. The van der Waals surface area contributed by atoms with E-state index in [4.69, 9.17) is 20.8 Å². The summed E-state index contributed by atoms with van der Waals surface area (Å²) in [6, 6.07) is 5.30. The predicted molar refractivity (Wildman–Crippen MR) is 64.4 cm³/mol. The molecule has 6 nitrogen and oxygen atoms in total. The molecule has 1 rings (SSSR count). The van der Waals surface area contributed by atoms with Gasteiger partial charge in [0, 0.05) is 13.2 Å². The van der Waals surface area contributed by atoms with E-state index in [-0.39, 0.29) is 12.3 Å². The highest BCUT2D eigenvalue weighted by atomic mass is 16.5. The molecule has 0 aromatic carbocycles. The fourth-order valence-electron chi connectivity index (χ4n) is 1.22. The van der Waals surface area contributed by atoms with E-state index in [1.54, 1.807) is 12.1 Å². The first-order valence-electron chi connectivity index (χ1n) is 5.37. The molecular formula is C11H16N4O2. The van der Waals surface area contributed by atoms with Crippen LogP contribution in [0.2, 0.25) is 0 Å². The van der Waals surface area contributed by atoms with Crippen molar-refractivity contribution in [1.29, 1.82) is 5.26 Å². The highest BCUT2D eigenvalue weighted by Gasteiger charge is 2.01. The molecule has 0 saturated heterocycles. The van der Waals surface area contributed by atoms with Crippen molar-refractivity contribution < 1.29 is 9.84 Å². The van der Waals surface area contributed by atoms with Crippen LogP contribution < -0.4 is 11.1 Å². The van der Waals surface area contributed by atoms with Crippen LogP contribution in [0.5, 0.6) is 0 Å². The third kappa shape index (κ3) is 4.68. The second-order valence-electron chi connectivity index (χ2n) is 3.36. The van der Waals surface area contributed by atoms with Crippen LogP contribution in [0.3, 0.4) is 0 Å². The number of nitrogens with one attached hydrogen (secondary N) is 1. The van der Waals surface area contributed by atoms with E-state index in [1.807, 2.05) is 6.07 Å². The quantitative estimate of drug-likeness (QED) is 0.590. The van der Waals surface area contributed by atoms with Gasteiger partial charge in [-0.3, -0.25) is 0 Å². The standard InChI is InChI=1S/C11H16N4O2/c12-8-10-9(13)2-3-11(15-10)14-4-1-6-17-7-5-16/h2-3,16H,1,4-7,13H2,(H,14,15). The van der Waals surface area contributed by atoms with E-state index in [9.17, 15) is 0 Å². The van der Waals surface area contributed by atoms with Gasteiger partial charge in [-0.1, -0.05) is 0 Å². The number of nitriles is 1. The van der Waals surface area contributed by atoms with Gasteiger partial charge in [-0.05, 0) is 18.6 Å². The van der Waals surface area contributed by atoms with Crippen molar-refractivity contribution in [1.82, 2.24) is 4.98 Å². The van der Waals surface area contributed by atoms with Crippen LogP contribution in [-0.2, 0) is 4.74 Å². The minimum absolute atomic E-state index is 0.0402. The van der Waals surface area contributed by atoms with Crippen LogP contribution in [0.1, 0.15) is 12.1 Å². The lowest BCUT2D eigenvalue weighted by Crippen LogP contribution is -2.09. The van der Waals surface area contributed by atoms with E-state index in [0.717, 1.165) is 6.42 Å². The Morgan fingerprint density at radius 1 is 1.47 bits per heavy atom. The van der Waals surface area contributed by atoms with Gasteiger partial charge in [0.05, 0.1) is 18.9 Å². The number of nitrogen functional groups attached to an aromatic ring is 1. The molecule has 1 heterocycles. The first-order valence-corrected chi connectivity index (χ1v) is 5.37. The molecule has 92 valence electrons. The van der Waals surface area contributed by atoms with Gasteiger partial charge < -0.3 is 20.9 Å². The van der Waals surface area contributed by atoms with Gasteiger partial charge in [0.2, 0.25) is 0 Å².